The minimum absolute atomic E-state index is 0.179. The van der Waals surface area contributed by atoms with Gasteiger partial charge in [0.2, 0.25) is 0 Å². The van der Waals surface area contributed by atoms with Crippen molar-refractivity contribution in [3.05, 3.63) is 18.6 Å². The highest BCUT2D eigenvalue weighted by Gasteiger charge is 2.44. The maximum absolute atomic E-state index is 12.3. The van der Waals surface area contributed by atoms with E-state index >= 15 is 0 Å². The summed E-state index contributed by atoms with van der Waals surface area (Å²) in [5, 5.41) is 1.06. The van der Waals surface area contributed by atoms with Crippen LogP contribution in [0, 0.1) is 11.8 Å². The molecule has 7 heteroatoms. The van der Waals surface area contributed by atoms with Crippen molar-refractivity contribution in [1.82, 2.24) is 19.9 Å². The summed E-state index contributed by atoms with van der Waals surface area (Å²) in [7, 11) is 2.12. The molecule has 1 aliphatic carbocycles. The predicted molar refractivity (Wildman–Crippen MR) is 100 cm³/mol. The van der Waals surface area contributed by atoms with E-state index in [9.17, 15) is 4.79 Å². The van der Waals surface area contributed by atoms with Crippen LogP contribution in [0.5, 0.6) is 0 Å². The third-order valence-corrected chi connectivity index (χ3v) is 5.59. The molecule has 26 heavy (non-hydrogen) atoms. The van der Waals surface area contributed by atoms with E-state index in [1.165, 1.54) is 0 Å². The molecule has 1 aliphatic heterocycles. The van der Waals surface area contributed by atoms with Gasteiger partial charge in [0.1, 0.15) is 23.4 Å². The fraction of sp³-hybridized carbons (Fsp3) is 0.632. The van der Waals surface area contributed by atoms with E-state index in [1.807, 2.05) is 37.9 Å². The lowest BCUT2D eigenvalue weighted by atomic mass is 10.0. The minimum atomic E-state index is -0.438. The van der Waals surface area contributed by atoms with E-state index < -0.39 is 5.60 Å². The summed E-state index contributed by atoms with van der Waals surface area (Å²) >= 11 is 0. The van der Waals surface area contributed by atoms with Gasteiger partial charge in [0.15, 0.2) is 0 Å². The number of fused-ring (bicyclic) bond motifs is 2. The highest BCUT2D eigenvalue weighted by molar-refractivity contribution is 5.87. The number of nitrogens with one attached hydrogen (secondary N) is 1. The smallest absolute Gasteiger partial charge is 0.410 e. The molecule has 1 saturated heterocycles. The Morgan fingerprint density at radius 2 is 1.96 bits per heavy atom. The second-order valence-electron chi connectivity index (χ2n) is 8.58. The maximum atomic E-state index is 12.3. The molecule has 0 radical (unpaired) electrons. The van der Waals surface area contributed by atoms with Crippen LogP contribution in [-0.4, -0.2) is 57.7 Å². The predicted octanol–water partition coefficient (Wildman–Crippen LogP) is 3.04. The minimum Gasteiger partial charge on any atom is -0.444 e. The number of aromatic amines is 1. The molecular formula is C19H27N5O2. The van der Waals surface area contributed by atoms with Gasteiger partial charge in [-0.15, -0.1) is 0 Å². The standard InChI is InChI=1S/C19H27N5O2/c1-19(2,3)26-18(25)24-9-12-7-14(8-13(12)10-24)23(4)17-15-5-6-20-16(15)21-11-22-17/h5-6,11-14H,7-10H2,1-4H3,(H,20,21,22)/t12-,13-/m1/s1. The van der Waals surface area contributed by atoms with Crippen LogP contribution in [0.1, 0.15) is 33.6 Å². The molecule has 4 rings (SSSR count). The Bertz CT molecular complexity index is 798. The van der Waals surface area contributed by atoms with Crippen molar-refractivity contribution in [2.45, 2.75) is 45.3 Å². The van der Waals surface area contributed by atoms with Crippen LogP contribution in [0.4, 0.5) is 10.6 Å². The van der Waals surface area contributed by atoms with Crippen LogP contribution >= 0.6 is 0 Å². The van der Waals surface area contributed by atoms with Crippen LogP contribution in [0.2, 0.25) is 0 Å². The summed E-state index contributed by atoms with van der Waals surface area (Å²) < 4.78 is 5.53. The van der Waals surface area contributed by atoms with E-state index in [2.05, 4.69) is 26.9 Å². The summed E-state index contributed by atoms with van der Waals surface area (Å²) in [6.07, 6.45) is 5.50. The molecular weight excluding hydrogens is 330 g/mol. The zero-order valence-corrected chi connectivity index (χ0v) is 15.9. The number of anilines is 1. The average molecular weight is 357 g/mol. The van der Waals surface area contributed by atoms with E-state index in [1.54, 1.807) is 6.33 Å². The van der Waals surface area contributed by atoms with Crippen LogP contribution < -0.4 is 4.90 Å². The second-order valence-corrected chi connectivity index (χ2v) is 8.58. The lowest BCUT2D eigenvalue weighted by molar-refractivity contribution is 0.0279. The fourth-order valence-corrected chi connectivity index (χ4v) is 4.37. The fourth-order valence-electron chi connectivity index (χ4n) is 4.37. The van der Waals surface area contributed by atoms with Crippen molar-refractivity contribution in [2.75, 3.05) is 25.0 Å². The number of aromatic nitrogens is 3. The molecule has 1 amide bonds. The van der Waals surface area contributed by atoms with Gasteiger partial charge in [-0.25, -0.2) is 14.8 Å². The quantitative estimate of drug-likeness (QED) is 0.894. The molecule has 2 aliphatic rings. The van der Waals surface area contributed by atoms with Crippen LogP contribution in [0.25, 0.3) is 11.0 Å². The molecule has 2 fully saturated rings. The summed E-state index contributed by atoms with van der Waals surface area (Å²) in [6, 6.07) is 2.47. The molecule has 0 unspecified atom stereocenters. The molecule has 0 aromatic carbocycles. The number of H-pyrrole nitrogens is 1. The number of hydrogen-bond acceptors (Lipinski definition) is 5. The molecule has 1 saturated carbocycles. The number of amides is 1. The Morgan fingerprint density at radius 3 is 2.62 bits per heavy atom. The summed E-state index contributed by atoms with van der Waals surface area (Å²) in [4.78, 5) is 28.4. The SMILES string of the molecule is CN(c1ncnc2[nH]ccc12)C1C[C@@H]2CN(C(=O)OC(C)(C)C)C[C@H]2C1. The first kappa shape index (κ1) is 17.1. The molecule has 1 N–H and O–H groups in total. The maximum Gasteiger partial charge on any atom is 0.410 e. The molecule has 7 nitrogen and oxygen atoms in total. The van der Waals surface area contributed by atoms with Crippen molar-refractivity contribution in [3.63, 3.8) is 0 Å². The Hall–Kier alpha value is -2.31. The Kier molecular flexibility index (Phi) is 4.04. The number of likely N-dealkylation sites (tertiary alicyclic amines) is 1. The largest absolute Gasteiger partial charge is 0.444 e. The van der Waals surface area contributed by atoms with E-state index in [-0.39, 0.29) is 6.09 Å². The first-order valence-corrected chi connectivity index (χ1v) is 9.30. The molecule has 2 aromatic heterocycles. The van der Waals surface area contributed by atoms with E-state index in [4.69, 9.17) is 4.74 Å². The highest BCUT2D eigenvalue weighted by Crippen LogP contribution is 2.41. The number of rotatable bonds is 2. The summed E-state index contributed by atoms with van der Waals surface area (Å²) in [6.45, 7) is 7.34. The number of hydrogen-bond donors (Lipinski definition) is 1. The summed E-state index contributed by atoms with van der Waals surface area (Å²) in [5.74, 6) is 2.06. The molecule has 2 atom stereocenters. The third kappa shape index (κ3) is 3.10. The molecule has 3 heterocycles. The van der Waals surface area contributed by atoms with Crippen LogP contribution in [0.3, 0.4) is 0 Å². The van der Waals surface area contributed by atoms with Crippen molar-refractivity contribution in [3.8, 4) is 0 Å². The number of carbonyl (C=O) groups excluding carboxylic acids is 1. The van der Waals surface area contributed by atoms with Gasteiger partial charge >= 0.3 is 6.09 Å². The van der Waals surface area contributed by atoms with Crippen molar-refractivity contribution in [2.24, 2.45) is 11.8 Å². The number of ether oxygens (including phenoxy) is 1. The molecule has 140 valence electrons. The van der Waals surface area contributed by atoms with Crippen molar-refractivity contribution in [1.29, 1.82) is 0 Å². The first-order chi connectivity index (χ1) is 12.3. The first-order valence-electron chi connectivity index (χ1n) is 9.30. The zero-order chi connectivity index (χ0) is 18.5. The summed E-state index contributed by atoms with van der Waals surface area (Å²) in [5.41, 5.74) is 0.433. The van der Waals surface area contributed by atoms with Crippen molar-refractivity contribution < 1.29 is 9.53 Å². The Balaban J connectivity index is 1.42. The third-order valence-electron chi connectivity index (χ3n) is 5.59. The van der Waals surface area contributed by atoms with Gasteiger partial charge in [0.05, 0.1) is 5.39 Å². The lowest BCUT2D eigenvalue weighted by Gasteiger charge is -2.28. The Labute approximate surface area is 153 Å². The second kappa shape index (κ2) is 6.14. The highest BCUT2D eigenvalue weighted by atomic mass is 16.6. The monoisotopic (exact) mass is 357 g/mol. The zero-order valence-electron chi connectivity index (χ0n) is 15.9. The topological polar surface area (TPSA) is 74.4 Å². The van der Waals surface area contributed by atoms with Crippen LogP contribution in [0.15, 0.2) is 18.6 Å². The van der Waals surface area contributed by atoms with Gasteiger partial charge in [-0.2, -0.15) is 0 Å². The normalized spacial score (nSPS) is 23.5. The van der Waals surface area contributed by atoms with E-state index in [0.29, 0.717) is 17.9 Å². The van der Waals surface area contributed by atoms with Crippen molar-refractivity contribution >= 4 is 22.9 Å². The molecule has 2 aromatic rings. The van der Waals surface area contributed by atoms with Gasteiger partial charge in [0.25, 0.3) is 0 Å². The van der Waals surface area contributed by atoms with Gasteiger partial charge < -0.3 is 19.5 Å². The van der Waals surface area contributed by atoms with Crippen LogP contribution in [-0.2, 0) is 4.74 Å². The molecule has 0 spiro atoms. The number of nitrogens with zero attached hydrogens (tertiary/aromatic N) is 4. The van der Waals surface area contributed by atoms with Gasteiger partial charge in [-0.05, 0) is 51.5 Å². The Morgan fingerprint density at radius 1 is 1.27 bits per heavy atom. The lowest BCUT2D eigenvalue weighted by Crippen LogP contribution is -2.37. The van der Waals surface area contributed by atoms with Gasteiger partial charge in [-0.1, -0.05) is 0 Å². The molecule has 0 bridgehead atoms. The average Bonchev–Trinajstić information content (AvgIpc) is 3.25. The van der Waals surface area contributed by atoms with Gasteiger partial charge in [0, 0.05) is 32.4 Å². The van der Waals surface area contributed by atoms with Gasteiger partial charge in [-0.3, -0.25) is 0 Å². The van der Waals surface area contributed by atoms with E-state index in [0.717, 1.165) is 42.8 Å². The number of carbonyl (C=O) groups is 1.